The predicted octanol–water partition coefficient (Wildman–Crippen LogP) is 4.18. The Morgan fingerprint density at radius 2 is 1.81 bits per heavy atom. The third kappa shape index (κ3) is 3.82. The maximum absolute atomic E-state index is 12.8. The minimum atomic E-state index is -3.89. The Morgan fingerprint density at radius 1 is 1.06 bits per heavy atom. The van der Waals surface area contributed by atoms with Crippen LogP contribution in [0.5, 0.6) is 0 Å². The van der Waals surface area contributed by atoms with Crippen molar-refractivity contribution in [2.24, 2.45) is 10.9 Å². The molecule has 2 unspecified atom stereocenters. The molecule has 2 atom stereocenters. The molecule has 0 bridgehead atoms. The van der Waals surface area contributed by atoms with Crippen molar-refractivity contribution in [1.29, 1.82) is 0 Å². The van der Waals surface area contributed by atoms with Gasteiger partial charge in [-0.25, -0.2) is 13.6 Å². The van der Waals surface area contributed by atoms with Crippen LogP contribution in [-0.2, 0) is 22.0 Å². The smallest absolute Gasteiger partial charge is 0.217 e. The van der Waals surface area contributed by atoms with Crippen molar-refractivity contribution in [3.63, 3.8) is 0 Å². The third-order valence-electron chi connectivity index (χ3n) is 5.98. The van der Waals surface area contributed by atoms with Gasteiger partial charge in [-0.2, -0.15) is 0 Å². The zero-order chi connectivity index (χ0) is 22.4. The summed E-state index contributed by atoms with van der Waals surface area (Å²) in [5, 5.41) is 5.84. The van der Waals surface area contributed by atoms with Gasteiger partial charge in [-0.15, -0.1) is 0 Å². The van der Waals surface area contributed by atoms with Gasteiger partial charge in [-0.3, -0.25) is 4.98 Å². The van der Waals surface area contributed by atoms with E-state index in [9.17, 15) is 8.42 Å². The largest absolute Gasteiger partial charge is 0.326 e. The summed E-state index contributed by atoms with van der Waals surface area (Å²) >= 11 is 0. The van der Waals surface area contributed by atoms with E-state index in [2.05, 4.69) is 6.07 Å². The zero-order valence-corrected chi connectivity index (χ0v) is 18.8. The molecule has 5 nitrogen and oxygen atoms in total. The second kappa shape index (κ2) is 7.71. The number of para-hydroxylation sites is 1. The fraction of sp³-hybridized carbons (Fsp3) is 0.240. The molecule has 3 aromatic rings. The van der Waals surface area contributed by atoms with Gasteiger partial charge >= 0.3 is 0 Å². The number of primary sulfonamides is 1. The highest BCUT2D eigenvalue weighted by atomic mass is 32.2. The van der Waals surface area contributed by atoms with E-state index in [1.54, 1.807) is 0 Å². The minimum Gasteiger partial charge on any atom is -0.326 e. The van der Waals surface area contributed by atoms with E-state index in [-0.39, 0.29) is 0 Å². The third-order valence-corrected chi connectivity index (χ3v) is 7.50. The number of nitrogens with zero attached hydrogens (tertiary/aromatic N) is 1. The summed E-state index contributed by atoms with van der Waals surface area (Å²) in [6.07, 6.45) is 3.86. The molecule has 0 radical (unpaired) electrons. The van der Waals surface area contributed by atoms with E-state index >= 15 is 0 Å². The summed E-state index contributed by atoms with van der Waals surface area (Å²) in [6.45, 7) is 6.12. The number of hydrogen-bond acceptors (Lipinski definition) is 4. The quantitative estimate of drug-likeness (QED) is 0.645. The van der Waals surface area contributed by atoms with Crippen LogP contribution in [0.15, 0.2) is 77.9 Å². The fourth-order valence-electron chi connectivity index (χ4n) is 4.90. The van der Waals surface area contributed by atoms with Crippen LogP contribution in [0.25, 0.3) is 22.0 Å². The number of fused-ring (bicyclic) bond motifs is 1. The molecule has 6 heteroatoms. The summed E-state index contributed by atoms with van der Waals surface area (Å²) < 4.78 is 25.5. The van der Waals surface area contributed by atoms with E-state index in [0.29, 0.717) is 17.8 Å². The molecule has 1 aliphatic rings. The van der Waals surface area contributed by atoms with E-state index in [0.717, 1.165) is 33.2 Å². The van der Waals surface area contributed by atoms with Crippen LogP contribution in [0.1, 0.15) is 32.0 Å². The minimum absolute atomic E-state index is 0.419. The monoisotopic (exact) mass is 433 g/mol. The Morgan fingerprint density at radius 3 is 2.52 bits per heavy atom. The Hall–Kier alpha value is -2.80. The van der Waals surface area contributed by atoms with E-state index in [1.165, 1.54) is 0 Å². The molecule has 1 aromatic heterocycles. The lowest BCUT2D eigenvalue weighted by molar-refractivity contribution is 0.521. The Bertz CT molecular complexity index is 1340. The first-order valence-corrected chi connectivity index (χ1v) is 11.8. The molecule has 1 aliphatic carbocycles. The van der Waals surface area contributed by atoms with Crippen LogP contribution in [0.4, 0.5) is 0 Å². The predicted molar refractivity (Wildman–Crippen MR) is 127 cm³/mol. The maximum atomic E-state index is 12.8. The van der Waals surface area contributed by atoms with Gasteiger partial charge in [0.1, 0.15) is 5.25 Å². The highest BCUT2D eigenvalue weighted by Crippen LogP contribution is 2.44. The molecule has 160 valence electrons. The van der Waals surface area contributed by atoms with Crippen LogP contribution in [0, 0.1) is 0 Å². The summed E-state index contributed by atoms with van der Waals surface area (Å²) in [4.78, 5) is 5.01. The molecule has 0 saturated heterocycles. The van der Waals surface area contributed by atoms with E-state index in [1.807, 2.05) is 81.5 Å². The average Bonchev–Trinajstić information content (AvgIpc) is 2.71. The van der Waals surface area contributed by atoms with Crippen molar-refractivity contribution in [2.45, 2.75) is 38.0 Å². The SMILES string of the molecule is CC1=CC(C)(c2nc3ccccc3cc2-c2cccc(CN)c2)C(S(N)(=O)=O)C(C)=C1. The van der Waals surface area contributed by atoms with Crippen LogP contribution in [-0.4, -0.2) is 18.7 Å². The number of pyridine rings is 1. The molecule has 0 saturated carbocycles. The second-order valence-electron chi connectivity index (χ2n) is 8.51. The number of sulfonamides is 1. The Labute approximate surface area is 183 Å². The molecule has 0 fully saturated rings. The molecule has 4 rings (SSSR count). The number of benzene rings is 2. The highest BCUT2D eigenvalue weighted by molar-refractivity contribution is 7.90. The van der Waals surface area contributed by atoms with Crippen molar-refractivity contribution in [1.82, 2.24) is 4.98 Å². The lowest BCUT2D eigenvalue weighted by Crippen LogP contribution is -2.47. The van der Waals surface area contributed by atoms with E-state index in [4.69, 9.17) is 15.9 Å². The van der Waals surface area contributed by atoms with Gasteiger partial charge < -0.3 is 5.73 Å². The normalized spacial score (nSPS) is 21.6. The van der Waals surface area contributed by atoms with Crippen molar-refractivity contribution in [3.8, 4) is 11.1 Å². The first kappa shape index (κ1) is 21.4. The van der Waals surface area contributed by atoms with Gasteiger partial charge in [0.15, 0.2) is 0 Å². The van der Waals surface area contributed by atoms with Crippen molar-refractivity contribution < 1.29 is 8.42 Å². The topological polar surface area (TPSA) is 99.1 Å². The van der Waals surface area contributed by atoms with Crippen LogP contribution in [0.3, 0.4) is 0 Å². The van der Waals surface area contributed by atoms with Crippen molar-refractivity contribution >= 4 is 20.9 Å². The first-order valence-electron chi connectivity index (χ1n) is 10.2. The van der Waals surface area contributed by atoms with Crippen molar-refractivity contribution in [2.75, 3.05) is 0 Å². The summed E-state index contributed by atoms with van der Waals surface area (Å²) in [5.41, 5.74) is 11.0. The number of hydrogen-bond donors (Lipinski definition) is 2. The van der Waals surface area contributed by atoms with Gasteiger partial charge in [0.2, 0.25) is 10.0 Å². The molecule has 1 heterocycles. The maximum Gasteiger partial charge on any atom is 0.217 e. The molecule has 0 amide bonds. The van der Waals surface area contributed by atoms with E-state index < -0.39 is 20.7 Å². The van der Waals surface area contributed by atoms with Gasteiger partial charge in [0.25, 0.3) is 0 Å². The van der Waals surface area contributed by atoms with Gasteiger partial charge in [0.05, 0.1) is 16.6 Å². The molecule has 31 heavy (non-hydrogen) atoms. The summed E-state index contributed by atoms with van der Waals surface area (Å²) in [7, 11) is -3.89. The number of rotatable bonds is 4. The van der Waals surface area contributed by atoms with Crippen molar-refractivity contribution in [3.05, 3.63) is 89.2 Å². The highest BCUT2D eigenvalue weighted by Gasteiger charge is 2.46. The summed E-state index contributed by atoms with van der Waals surface area (Å²) in [5.74, 6) is 0. The number of aromatic nitrogens is 1. The second-order valence-corrected chi connectivity index (χ2v) is 10.2. The first-order chi connectivity index (χ1) is 14.6. The zero-order valence-electron chi connectivity index (χ0n) is 18.0. The molecule has 2 aromatic carbocycles. The standard InChI is InChI=1S/C25H27N3O2S/c1-16-11-17(2)24(31(27,29)30)25(3,14-16)23-21(19-9-6-7-18(12-19)15-26)13-20-8-4-5-10-22(20)28-23/h4-14,24H,15,26H2,1-3H3,(H2,27,29,30). The Balaban J connectivity index is 2.09. The van der Waals surface area contributed by atoms with Crippen LogP contribution < -0.4 is 10.9 Å². The Kier molecular flexibility index (Phi) is 5.33. The number of nitrogens with two attached hydrogens (primary N) is 2. The lowest BCUT2D eigenvalue weighted by atomic mass is 9.73. The average molecular weight is 434 g/mol. The molecular formula is C25H27N3O2S. The van der Waals surface area contributed by atoms with Gasteiger partial charge in [-0.1, -0.05) is 59.7 Å². The van der Waals surface area contributed by atoms with Crippen LogP contribution >= 0.6 is 0 Å². The van der Waals surface area contributed by atoms with Crippen LogP contribution in [0.2, 0.25) is 0 Å². The summed E-state index contributed by atoms with van der Waals surface area (Å²) in [6, 6.07) is 17.9. The fourth-order valence-corrected chi connectivity index (χ4v) is 6.35. The molecule has 4 N–H and O–H groups in total. The van der Waals surface area contributed by atoms with Gasteiger partial charge in [0, 0.05) is 17.5 Å². The van der Waals surface area contributed by atoms with Gasteiger partial charge in [-0.05, 0) is 50.1 Å². The molecule has 0 aliphatic heterocycles. The molecular weight excluding hydrogens is 406 g/mol. The molecule has 0 spiro atoms. The number of allylic oxidation sites excluding steroid dienone is 3. The lowest BCUT2D eigenvalue weighted by Gasteiger charge is -2.38.